The second-order valence-corrected chi connectivity index (χ2v) is 5.39. The Labute approximate surface area is 90.0 Å². The van der Waals surface area contributed by atoms with Crippen molar-refractivity contribution in [2.45, 2.75) is 26.2 Å². The summed E-state index contributed by atoms with van der Waals surface area (Å²) in [5.74, 6) is 0. The molecule has 2 rings (SSSR count). The molecule has 80 valence electrons. The maximum Gasteiger partial charge on any atom is 0.314 e. The van der Waals surface area contributed by atoms with Crippen molar-refractivity contribution in [1.29, 1.82) is 0 Å². The second-order valence-electron chi connectivity index (χ2n) is 4.51. The van der Waals surface area contributed by atoms with Gasteiger partial charge < -0.3 is 9.97 Å². The lowest BCUT2D eigenvalue weighted by Crippen LogP contribution is -2.29. The van der Waals surface area contributed by atoms with Crippen molar-refractivity contribution in [1.82, 2.24) is 9.97 Å². The molecule has 0 saturated heterocycles. The summed E-state index contributed by atoms with van der Waals surface area (Å²) in [6.07, 6.45) is 0. The quantitative estimate of drug-likeness (QED) is 0.667. The lowest BCUT2D eigenvalue weighted by atomic mass is 9.89. The Morgan fingerprint density at radius 2 is 1.73 bits per heavy atom. The van der Waals surface area contributed by atoms with Crippen molar-refractivity contribution in [2.24, 2.45) is 0 Å². The first kappa shape index (κ1) is 10.2. The van der Waals surface area contributed by atoms with E-state index in [1.54, 1.807) is 0 Å². The zero-order valence-corrected chi connectivity index (χ0v) is 9.62. The minimum Gasteiger partial charge on any atom is -0.315 e. The smallest absolute Gasteiger partial charge is 0.314 e. The fourth-order valence-corrected chi connectivity index (χ4v) is 2.59. The van der Waals surface area contributed by atoms with E-state index >= 15 is 0 Å². The fraction of sp³-hybridized carbons (Fsp3) is 0.400. The van der Waals surface area contributed by atoms with Gasteiger partial charge in [-0.2, -0.15) is 0 Å². The standard InChI is InChI=1S/C10H12N2O2S/c1-10(2,3)5-4-15-9-6(5)11-7(13)8(14)12-9/h4H,1-3H3,(H,11,13)(H,12,14). The van der Waals surface area contributed by atoms with Gasteiger partial charge in [-0.1, -0.05) is 20.8 Å². The molecule has 0 radical (unpaired) electrons. The minimum atomic E-state index is -0.593. The molecule has 0 amide bonds. The number of fused-ring (bicyclic) bond motifs is 1. The minimum absolute atomic E-state index is 0.0422. The Bertz CT molecular complexity index is 613. The highest BCUT2D eigenvalue weighted by Crippen LogP contribution is 2.31. The van der Waals surface area contributed by atoms with Gasteiger partial charge >= 0.3 is 11.1 Å². The van der Waals surface area contributed by atoms with Crippen LogP contribution in [0.25, 0.3) is 10.3 Å². The van der Waals surface area contributed by atoms with Gasteiger partial charge in [-0.15, -0.1) is 11.3 Å². The van der Waals surface area contributed by atoms with Gasteiger partial charge in [0.05, 0.1) is 5.52 Å². The number of hydrogen-bond donors (Lipinski definition) is 2. The summed E-state index contributed by atoms with van der Waals surface area (Å²) < 4.78 is 0. The molecule has 2 heterocycles. The molecule has 0 unspecified atom stereocenters. The third-order valence-electron chi connectivity index (χ3n) is 2.27. The lowest BCUT2D eigenvalue weighted by Gasteiger charge is -2.16. The number of hydrogen-bond acceptors (Lipinski definition) is 3. The molecule has 0 spiro atoms. The summed E-state index contributed by atoms with van der Waals surface area (Å²) >= 11 is 1.44. The molecule has 2 aromatic heterocycles. The third-order valence-corrected chi connectivity index (χ3v) is 3.17. The van der Waals surface area contributed by atoms with Gasteiger partial charge in [-0.3, -0.25) is 9.59 Å². The Hall–Kier alpha value is -1.36. The molecule has 0 aromatic carbocycles. The number of H-pyrrole nitrogens is 2. The number of thiophene rings is 1. The number of rotatable bonds is 0. The van der Waals surface area contributed by atoms with E-state index in [-0.39, 0.29) is 5.41 Å². The average Bonchev–Trinajstić information content (AvgIpc) is 2.47. The fourth-order valence-electron chi connectivity index (χ4n) is 1.46. The Balaban J connectivity index is 2.87. The van der Waals surface area contributed by atoms with Gasteiger partial charge in [0, 0.05) is 0 Å². The third kappa shape index (κ3) is 1.63. The number of nitrogens with one attached hydrogen (secondary N) is 2. The zero-order chi connectivity index (χ0) is 11.2. The van der Waals surface area contributed by atoms with Crippen LogP contribution in [-0.2, 0) is 5.41 Å². The molecule has 4 nitrogen and oxygen atoms in total. The highest BCUT2D eigenvalue weighted by Gasteiger charge is 2.19. The Morgan fingerprint density at radius 3 is 2.33 bits per heavy atom. The molecular weight excluding hydrogens is 212 g/mol. The van der Waals surface area contributed by atoms with Crippen LogP contribution in [0.3, 0.4) is 0 Å². The first-order valence-electron chi connectivity index (χ1n) is 4.64. The largest absolute Gasteiger partial charge is 0.315 e. The van der Waals surface area contributed by atoms with E-state index in [4.69, 9.17) is 0 Å². The van der Waals surface area contributed by atoms with Crippen LogP contribution in [0.5, 0.6) is 0 Å². The van der Waals surface area contributed by atoms with Crippen molar-refractivity contribution in [2.75, 3.05) is 0 Å². The van der Waals surface area contributed by atoms with E-state index in [2.05, 4.69) is 30.7 Å². The number of aromatic nitrogens is 2. The van der Waals surface area contributed by atoms with Gasteiger partial charge in [0.15, 0.2) is 0 Å². The molecule has 0 fully saturated rings. The van der Waals surface area contributed by atoms with Gasteiger partial charge in [0.2, 0.25) is 0 Å². The molecule has 5 heteroatoms. The molecular formula is C10H12N2O2S. The zero-order valence-electron chi connectivity index (χ0n) is 8.80. The first-order valence-corrected chi connectivity index (χ1v) is 5.52. The van der Waals surface area contributed by atoms with E-state index in [1.807, 2.05) is 5.38 Å². The van der Waals surface area contributed by atoms with Crippen LogP contribution in [0, 0.1) is 0 Å². The summed E-state index contributed by atoms with van der Waals surface area (Å²) in [5.41, 5.74) is 0.573. The van der Waals surface area contributed by atoms with Gasteiger partial charge in [-0.05, 0) is 16.4 Å². The molecule has 0 aliphatic carbocycles. The normalized spacial score (nSPS) is 12.2. The van der Waals surface area contributed by atoms with Crippen LogP contribution < -0.4 is 11.1 Å². The van der Waals surface area contributed by atoms with Crippen molar-refractivity contribution in [3.05, 3.63) is 31.7 Å². The van der Waals surface area contributed by atoms with Crippen LogP contribution in [0.2, 0.25) is 0 Å². The first-order chi connectivity index (χ1) is 6.89. The molecule has 0 aliphatic rings. The maximum atomic E-state index is 11.2. The van der Waals surface area contributed by atoms with Gasteiger partial charge in [-0.25, -0.2) is 0 Å². The predicted octanol–water partition coefficient (Wildman–Crippen LogP) is 1.58. The highest BCUT2D eigenvalue weighted by atomic mass is 32.1. The molecule has 0 bridgehead atoms. The Kier molecular flexibility index (Phi) is 2.08. The summed E-state index contributed by atoms with van der Waals surface area (Å²) in [4.78, 5) is 28.2. The van der Waals surface area contributed by atoms with E-state index in [9.17, 15) is 9.59 Å². The molecule has 0 saturated carbocycles. The van der Waals surface area contributed by atoms with E-state index in [0.29, 0.717) is 0 Å². The Morgan fingerprint density at radius 1 is 1.13 bits per heavy atom. The summed E-state index contributed by atoms with van der Waals surface area (Å²) in [5, 5.41) is 1.97. The van der Waals surface area contributed by atoms with E-state index < -0.39 is 11.1 Å². The van der Waals surface area contributed by atoms with Gasteiger partial charge in [0.25, 0.3) is 0 Å². The number of aromatic amines is 2. The molecule has 0 aliphatic heterocycles. The van der Waals surface area contributed by atoms with Crippen LogP contribution in [0.1, 0.15) is 26.3 Å². The van der Waals surface area contributed by atoms with Crippen molar-refractivity contribution in [3.63, 3.8) is 0 Å². The van der Waals surface area contributed by atoms with Crippen LogP contribution in [0.15, 0.2) is 15.0 Å². The molecule has 2 aromatic rings. The van der Waals surface area contributed by atoms with Gasteiger partial charge in [0.1, 0.15) is 4.83 Å². The molecule has 15 heavy (non-hydrogen) atoms. The molecule has 0 atom stereocenters. The van der Waals surface area contributed by atoms with Crippen molar-refractivity contribution < 1.29 is 0 Å². The topological polar surface area (TPSA) is 65.7 Å². The predicted molar refractivity (Wildman–Crippen MR) is 61.8 cm³/mol. The summed E-state index contributed by atoms with van der Waals surface area (Å²) in [6.45, 7) is 6.20. The van der Waals surface area contributed by atoms with Crippen LogP contribution in [0.4, 0.5) is 0 Å². The maximum absolute atomic E-state index is 11.2. The second kappa shape index (κ2) is 3.06. The summed E-state index contributed by atoms with van der Waals surface area (Å²) in [7, 11) is 0. The summed E-state index contributed by atoms with van der Waals surface area (Å²) in [6, 6.07) is 0. The highest BCUT2D eigenvalue weighted by molar-refractivity contribution is 7.16. The monoisotopic (exact) mass is 224 g/mol. The van der Waals surface area contributed by atoms with E-state index in [0.717, 1.165) is 15.9 Å². The van der Waals surface area contributed by atoms with Crippen molar-refractivity contribution in [3.8, 4) is 0 Å². The van der Waals surface area contributed by atoms with E-state index in [1.165, 1.54) is 11.3 Å². The SMILES string of the molecule is CC(C)(C)c1csc2[nH]c(=O)c(=O)[nH]c12. The molecule has 2 N–H and O–H groups in total. The van der Waals surface area contributed by atoms with Crippen molar-refractivity contribution >= 4 is 21.7 Å². The van der Waals surface area contributed by atoms with Crippen LogP contribution >= 0.6 is 11.3 Å². The lowest BCUT2D eigenvalue weighted by molar-refractivity contribution is 0.596. The van der Waals surface area contributed by atoms with Crippen LogP contribution in [-0.4, -0.2) is 9.97 Å². The average molecular weight is 224 g/mol.